The van der Waals surface area contributed by atoms with Crippen molar-refractivity contribution >= 4 is 17.7 Å². The summed E-state index contributed by atoms with van der Waals surface area (Å²) in [7, 11) is 0. The van der Waals surface area contributed by atoms with Crippen molar-refractivity contribution in [3.8, 4) is 5.75 Å². The number of carboxylic acids is 1. The average Bonchev–Trinajstić information content (AvgIpc) is 2.53. The maximum Gasteiger partial charge on any atom is 0.321 e. The van der Waals surface area contributed by atoms with E-state index in [1.165, 1.54) is 11.0 Å². The Kier molecular flexibility index (Phi) is 5.94. The number of rotatable bonds is 5. The zero-order valence-electron chi connectivity index (χ0n) is 13.2. The van der Waals surface area contributed by atoms with Crippen LogP contribution in [0.25, 0.3) is 0 Å². The normalized spacial score (nSPS) is 20.8. The minimum Gasteiger partial charge on any atom is -0.485 e. The summed E-state index contributed by atoms with van der Waals surface area (Å²) < 4.78 is 29.6. The van der Waals surface area contributed by atoms with Gasteiger partial charge < -0.3 is 20.1 Å². The molecular formula is C16H20F2N2O4. The lowest BCUT2D eigenvalue weighted by molar-refractivity contribution is -0.143. The highest BCUT2D eigenvalue weighted by molar-refractivity contribution is 5.91. The molecule has 1 aromatic carbocycles. The number of ether oxygens (including phenoxy) is 1. The quantitative estimate of drug-likeness (QED) is 0.862. The lowest BCUT2D eigenvalue weighted by atomic mass is 9.91. The number of halogens is 2. The molecule has 2 unspecified atom stereocenters. The van der Waals surface area contributed by atoms with Gasteiger partial charge in [0, 0.05) is 13.1 Å². The molecule has 1 aliphatic heterocycles. The maximum atomic E-state index is 12.4. The van der Waals surface area contributed by atoms with Crippen LogP contribution < -0.4 is 10.1 Å². The van der Waals surface area contributed by atoms with Gasteiger partial charge in [-0.1, -0.05) is 19.1 Å². The van der Waals surface area contributed by atoms with Crippen molar-refractivity contribution in [1.82, 2.24) is 4.90 Å². The Morgan fingerprint density at radius 1 is 1.38 bits per heavy atom. The second-order valence-electron chi connectivity index (χ2n) is 5.91. The van der Waals surface area contributed by atoms with Gasteiger partial charge in [0.15, 0.2) is 0 Å². The van der Waals surface area contributed by atoms with E-state index in [-0.39, 0.29) is 23.9 Å². The molecule has 0 radical (unpaired) electrons. The Morgan fingerprint density at radius 2 is 2.08 bits per heavy atom. The van der Waals surface area contributed by atoms with Crippen molar-refractivity contribution in [3.05, 3.63) is 24.3 Å². The summed E-state index contributed by atoms with van der Waals surface area (Å²) in [6, 6.07) is 5.81. The summed E-state index contributed by atoms with van der Waals surface area (Å²) >= 11 is 0. The van der Waals surface area contributed by atoms with Crippen LogP contribution in [-0.4, -0.2) is 48.1 Å². The van der Waals surface area contributed by atoms with Crippen molar-refractivity contribution in [1.29, 1.82) is 0 Å². The number of hydrogen-bond donors (Lipinski definition) is 2. The molecule has 8 heteroatoms. The molecule has 1 heterocycles. The van der Waals surface area contributed by atoms with Crippen LogP contribution in [0.5, 0.6) is 5.75 Å². The number of alkyl halides is 2. The van der Waals surface area contributed by atoms with E-state index in [0.29, 0.717) is 13.0 Å². The van der Waals surface area contributed by atoms with Gasteiger partial charge in [0.25, 0.3) is 6.43 Å². The molecule has 2 N–H and O–H groups in total. The second-order valence-corrected chi connectivity index (χ2v) is 5.91. The van der Waals surface area contributed by atoms with Crippen LogP contribution in [0.3, 0.4) is 0 Å². The first-order chi connectivity index (χ1) is 11.4. The number of carbonyl (C=O) groups excluding carboxylic acids is 1. The van der Waals surface area contributed by atoms with Crippen LogP contribution in [0, 0.1) is 11.8 Å². The average molecular weight is 342 g/mol. The van der Waals surface area contributed by atoms with Crippen molar-refractivity contribution < 1.29 is 28.2 Å². The molecule has 132 valence electrons. The van der Waals surface area contributed by atoms with E-state index in [1.807, 2.05) is 6.92 Å². The number of hydrogen-bond acceptors (Lipinski definition) is 3. The third-order valence-corrected chi connectivity index (χ3v) is 3.79. The SMILES string of the molecule is CC1CC(C(=O)O)CN(C(=O)Nc2ccccc2OCC(F)F)C1. The fraction of sp³-hybridized carbons (Fsp3) is 0.500. The van der Waals surface area contributed by atoms with Gasteiger partial charge in [-0.05, 0) is 24.5 Å². The van der Waals surface area contributed by atoms with Crippen LogP contribution in [-0.2, 0) is 4.79 Å². The van der Waals surface area contributed by atoms with Crippen LogP contribution in [0.1, 0.15) is 13.3 Å². The molecule has 0 bridgehead atoms. The highest BCUT2D eigenvalue weighted by Crippen LogP contribution is 2.26. The van der Waals surface area contributed by atoms with Crippen molar-refractivity contribution in [3.63, 3.8) is 0 Å². The zero-order chi connectivity index (χ0) is 17.7. The fourth-order valence-corrected chi connectivity index (χ4v) is 2.74. The first-order valence-corrected chi connectivity index (χ1v) is 7.65. The van der Waals surface area contributed by atoms with Gasteiger partial charge in [-0.3, -0.25) is 4.79 Å². The maximum absolute atomic E-state index is 12.4. The molecular weight excluding hydrogens is 322 g/mol. The van der Waals surface area contributed by atoms with Gasteiger partial charge in [-0.15, -0.1) is 0 Å². The molecule has 0 aliphatic carbocycles. The van der Waals surface area contributed by atoms with Crippen LogP contribution >= 0.6 is 0 Å². The molecule has 0 spiro atoms. The number of amides is 2. The summed E-state index contributed by atoms with van der Waals surface area (Å²) in [5.41, 5.74) is 0.272. The Bertz CT molecular complexity index is 597. The number of para-hydroxylation sites is 2. The molecule has 1 saturated heterocycles. The number of carboxylic acid groups (broad SMARTS) is 1. The third kappa shape index (κ3) is 4.81. The minimum atomic E-state index is -2.62. The highest BCUT2D eigenvalue weighted by atomic mass is 19.3. The van der Waals surface area contributed by atoms with Crippen LogP contribution in [0.15, 0.2) is 24.3 Å². The third-order valence-electron chi connectivity index (χ3n) is 3.79. The predicted octanol–water partition coefficient (Wildman–Crippen LogP) is 2.91. The van der Waals surface area contributed by atoms with E-state index in [2.05, 4.69) is 5.32 Å². The number of carbonyl (C=O) groups is 2. The Balaban J connectivity index is 2.05. The Morgan fingerprint density at radius 3 is 2.75 bits per heavy atom. The van der Waals surface area contributed by atoms with E-state index in [9.17, 15) is 18.4 Å². The van der Waals surface area contributed by atoms with Gasteiger partial charge in [-0.25, -0.2) is 13.6 Å². The number of piperidine rings is 1. The summed E-state index contributed by atoms with van der Waals surface area (Å²) in [6.45, 7) is 1.67. The minimum absolute atomic E-state index is 0.0657. The van der Waals surface area contributed by atoms with E-state index in [1.54, 1.807) is 18.2 Å². The number of nitrogens with one attached hydrogen (secondary N) is 1. The number of benzene rings is 1. The zero-order valence-corrected chi connectivity index (χ0v) is 13.2. The number of urea groups is 1. The molecule has 2 amide bonds. The van der Waals surface area contributed by atoms with Crippen LogP contribution in [0.4, 0.5) is 19.3 Å². The number of nitrogens with zero attached hydrogens (tertiary/aromatic N) is 1. The topological polar surface area (TPSA) is 78.9 Å². The lowest BCUT2D eigenvalue weighted by Crippen LogP contribution is -2.47. The molecule has 1 fully saturated rings. The van der Waals surface area contributed by atoms with Gasteiger partial charge in [0.2, 0.25) is 0 Å². The van der Waals surface area contributed by atoms with Gasteiger partial charge >= 0.3 is 12.0 Å². The van der Waals surface area contributed by atoms with Crippen LogP contribution in [0.2, 0.25) is 0 Å². The van der Waals surface area contributed by atoms with E-state index in [0.717, 1.165) is 0 Å². The summed E-state index contributed by atoms with van der Waals surface area (Å²) in [6.07, 6.45) is -2.10. The van der Waals surface area contributed by atoms with Gasteiger partial charge in [0.05, 0.1) is 11.6 Å². The molecule has 2 atom stereocenters. The second kappa shape index (κ2) is 7.94. The standard InChI is InChI=1S/C16H20F2N2O4/c1-10-6-11(15(21)22)8-20(7-10)16(23)19-12-4-2-3-5-13(12)24-9-14(17)18/h2-5,10-11,14H,6-9H2,1H3,(H,19,23)(H,21,22). The molecule has 1 aliphatic rings. The van der Waals surface area contributed by atoms with Gasteiger partial charge in [-0.2, -0.15) is 0 Å². The summed E-state index contributed by atoms with van der Waals surface area (Å²) in [4.78, 5) is 25.0. The van der Waals surface area contributed by atoms with Crippen molar-refractivity contribution in [2.24, 2.45) is 11.8 Å². The molecule has 0 saturated carbocycles. The van der Waals surface area contributed by atoms with E-state index >= 15 is 0 Å². The fourth-order valence-electron chi connectivity index (χ4n) is 2.74. The molecule has 1 aromatic rings. The first kappa shape index (κ1) is 18.0. The molecule has 2 rings (SSSR count). The van der Waals surface area contributed by atoms with E-state index in [4.69, 9.17) is 9.84 Å². The molecule has 0 aromatic heterocycles. The number of aliphatic carboxylic acids is 1. The van der Waals surface area contributed by atoms with Gasteiger partial charge in [0.1, 0.15) is 12.4 Å². The number of anilines is 1. The molecule has 6 nitrogen and oxygen atoms in total. The lowest BCUT2D eigenvalue weighted by Gasteiger charge is -2.34. The first-order valence-electron chi connectivity index (χ1n) is 7.65. The van der Waals surface area contributed by atoms with Crippen molar-refractivity contribution in [2.75, 3.05) is 25.0 Å². The summed E-state index contributed by atoms with van der Waals surface area (Å²) in [5, 5.41) is 11.8. The van der Waals surface area contributed by atoms with Crippen molar-refractivity contribution in [2.45, 2.75) is 19.8 Å². The number of likely N-dealkylation sites (tertiary alicyclic amines) is 1. The Hall–Kier alpha value is -2.38. The molecule has 24 heavy (non-hydrogen) atoms. The smallest absolute Gasteiger partial charge is 0.321 e. The van der Waals surface area contributed by atoms with E-state index < -0.39 is 31.0 Å². The highest BCUT2D eigenvalue weighted by Gasteiger charge is 2.32. The summed E-state index contributed by atoms with van der Waals surface area (Å²) in [5.74, 6) is -1.33. The predicted molar refractivity (Wildman–Crippen MR) is 83.4 cm³/mol. The largest absolute Gasteiger partial charge is 0.485 e. The Labute approximate surface area is 138 Å². The monoisotopic (exact) mass is 342 g/mol.